The van der Waals surface area contributed by atoms with Crippen LogP contribution in [0.2, 0.25) is 0 Å². The number of nitrogens with one attached hydrogen (secondary N) is 1. The van der Waals surface area contributed by atoms with E-state index in [4.69, 9.17) is 5.73 Å². The number of amides is 2. The molecule has 2 amide bonds. The number of benzene rings is 1. The summed E-state index contributed by atoms with van der Waals surface area (Å²) in [6.45, 7) is 1.94. The molecule has 2 atom stereocenters. The molecule has 0 aromatic heterocycles. The lowest BCUT2D eigenvalue weighted by Crippen LogP contribution is -2.55. The molecule has 2 aliphatic heterocycles. The van der Waals surface area contributed by atoms with E-state index < -0.39 is 12.0 Å². The fourth-order valence-corrected chi connectivity index (χ4v) is 3.24. The maximum absolute atomic E-state index is 12.7. The van der Waals surface area contributed by atoms with Crippen molar-refractivity contribution in [1.29, 1.82) is 0 Å². The minimum absolute atomic E-state index is 0.0225. The summed E-state index contributed by atoms with van der Waals surface area (Å²) < 4.78 is 0. The summed E-state index contributed by atoms with van der Waals surface area (Å²) in [4.78, 5) is 26.1. The summed E-state index contributed by atoms with van der Waals surface area (Å²) in [6.07, 6.45) is 3.64. The average Bonchev–Trinajstić information content (AvgIpc) is 3.05. The number of nitrogens with two attached hydrogens (primary N) is 1. The van der Waals surface area contributed by atoms with Crippen molar-refractivity contribution in [2.45, 2.75) is 18.9 Å². The van der Waals surface area contributed by atoms with Crippen molar-refractivity contribution in [3.63, 3.8) is 0 Å². The van der Waals surface area contributed by atoms with Crippen molar-refractivity contribution in [2.75, 3.05) is 19.6 Å². The maximum Gasteiger partial charge on any atom is 0.241 e. The van der Waals surface area contributed by atoms with Crippen molar-refractivity contribution in [3.05, 3.63) is 42.0 Å². The van der Waals surface area contributed by atoms with Crippen molar-refractivity contribution in [2.24, 2.45) is 11.7 Å². The number of piperidine rings is 1. The van der Waals surface area contributed by atoms with Gasteiger partial charge in [-0.25, -0.2) is 0 Å². The number of hydrogen-bond acceptors (Lipinski definition) is 3. The van der Waals surface area contributed by atoms with Crippen LogP contribution in [0, 0.1) is 5.92 Å². The van der Waals surface area contributed by atoms with Crippen LogP contribution in [-0.2, 0) is 9.59 Å². The van der Waals surface area contributed by atoms with Crippen LogP contribution in [0.5, 0.6) is 0 Å². The van der Waals surface area contributed by atoms with Gasteiger partial charge in [0, 0.05) is 13.1 Å². The fourth-order valence-electron chi connectivity index (χ4n) is 3.24. The number of primary amides is 1. The molecule has 1 aromatic carbocycles. The van der Waals surface area contributed by atoms with Gasteiger partial charge >= 0.3 is 0 Å². The van der Waals surface area contributed by atoms with Gasteiger partial charge in [0.05, 0.1) is 12.0 Å². The van der Waals surface area contributed by atoms with Gasteiger partial charge < -0.3 is 16.0 Å². The predicted molar refractivity (Wildman–Crippen MR) is 84.7 cm³/mol. The van der Waals surface area contributed by atoms with Crippen LogP contribution >= 0.6 is 0 Å². The summed E-state index contributed by atoms with van der Waals surface area (Å²) >= 11 is 0. The van der Waals surface area contributed by atoms with Gasteiger partial charge in [-0.3, -0.25) is 9.59 Å². The van der Waals surface area contributed by atoms with Crippen LogP contribution in [0.4, 0.5) is 0 Å². The Bertz CT molecular complexity index is 597. The van der Waals surface area contributed by atoms with Gasteiger partial charge in [-0.05, 0) is 30.5 Å². The van der Waals surface area contributed by atoms with Gasteiger partial charge in [-0.2, -0.15) is 0 Å². The van der Waals surface area contributed by atoms with Gasteiger partial charge in [0.2, 0.25) is 11.8 Å². The molecule has 3 rings (SSSR count). The van der Waals surface area contributed by atoms with Crippen molar-refractivity contribution >= 4 is 17.4 Å². The Morgan fingerprint density at radius 3 is 2.73 bits per heavy atom. The normalized spacial score (nSPS) is 24.9. The van der Waals surface area contributed by atoms with Crippen molar-refractivity contribution < 1.29 is 9.59 Å². The molecule has 0 bridgehead atoms. The van der Waals surface area contributed by atoms with E-state index in [9.17, 15) is 9.59 Å². The topological polar surface area (TPSA) is 75.4 Å². The lowest BCUT2D eigenvalue weighted by Gasteiger charge is -2.32. The lowest BCUT2D eigenvalue weighted by atomic mass is 9.89. The molecule has 1 aromatic rings. The third kappa shape index (κ3) is 2.90. The molecule has 0 spiro atoms. The Hall–Kier alpha value is -2.14. The fraction of sp³-hybridized carbons (Fsp3) is 0.412. The molecule has 1 fully saturated rings. The number of nitrogens with zero attached hydrogens (tertiary/aromatic N) is 1. The van der Waals surface area contributed by atoms with Crippen LogP contribution < -0.4 is 11.1 Å². The van der Waals surface area contributed by atoms with E-state index in [2.05, 4.69) is 11.4 Å². The van der Waals surface area contributed by atoms with Gasteiger partial charge in [-0.15, -0.1) is 0 Å². The zero-order valence-corrected chi connectivity index (χ0v) is 12.5. The first-order chi connectivity index (χ1) is 10.7. The van der Waals surface area contributed by atoms with E-state index in [0.29, 0.717) is 19.5 Å². The molecule has 2 unspecified atom stereocenters. The summed E-state index contributed by atoms with van der Waals surface area (Å²) in [6, 6.07) is 9.58. The zero-order chi connectivity index (χ0) is 15.5. The Balaban J connectivity index is 1.68. The summed E-state index contributed by atoms with van der Waals surface area (Å²) in [5.41, 5.74) is 7.74. The molecule has 2 heterocycles. The monoisotopic (exact) mass is 299 g/mol. The first kappa shape index (κ1) is 14.8. The van der Waals surface area contributed by atoms with E-state index in [0.717, 1.165) is 24.1 Å². The first-order valence-electron chi connectivity index (χ1n) is 7.73. The summed E-state index contributed by atoms with van der Waals surface area (Å²) in [5, 5.41) is 3.17. The Morgan fingerprint density at radius 1 is 1.23 bits per heavy atom. The van der Waals surface area contributed by atoms with Crippen LogP contribution in [0.1, 0.15) is 18.4 Å². The highest BCUT2D eigenvalue weighted by molar-refractivity contribution is 5.91. The highest BCUT2D eigenvalue weighted by atomic mass is 16.2. The van der Waals surface area contributed by atoms with E-state index in [1.807, 2.05) is 30.3 Å². The van der Waals surface area contributed by atoms with Crippen molar-refractivity contribution in [3.8, 4) is 0 Å². The van der Waals surface area contributed by atoms with Crippen LogP contribution in [0.15, 0.2) is 36.4 Å². The minimum atomic E-state index is -0.477. The summed E-state index contributed by atoms with van der Waals surface area (Å²) in [7, 11) is 0. The molecular formula is C17H21N3O2. The first-order valence-corrected chi connectivity index (χ1v) is 7.73. The number of rotatable bonds is 3. The second-order valence-corrected chi connectivity index (χ2v) is 5.90. The highest BCUT2D eigenvalue weighted by Gasteiger charge is 2.37. The zero-order valence-electron chi connectivity index (χ0n) is 12.5. The van der Waals surface area contributed by atoms with E-state index in [-0.39, 0.29) is 11.8 Å². The lowest BCUT2D eigenvalue weighted by molar-refractivity contribution is -0.138. The maximum atomic E-state index is 12.7. The standard InChI is InChI=1S/C17H21N3O2/c18-16(21)14-7-4-9-19-15(14)17(22)20-10-8-13(11-20)12-5-2-1-3-6-12/h1-3,5-6,8,14-15,19H,4,7,9-11H2,(H2,18,21). The molecule has 5 heteroatoms. The molecule has 3 N–H and O–H groups in total. The average molecular weight is 299 g/mol. The summed E-state index contributed by atoms with van der Waals surface area (Å²) in [5.74, 6) is -0.811. The number of carbonyl (C=O) groups excluding carboxylic acids is 2. The highest BCUT2D eigenvalue weighted by Crippen LogP contribution is 2.24. The largest absolute Gasteiger partial charge is 0.369 e. The predicted octanol–water partition coefficient (Wildman–Crippen LogP) is 0.766. The molecule has 0 saturated carbocycles. The molecule has 116 valence electrons. The second-order valence-electron chi connectivity index (χ2n) is 5.90. The minimum Gasteiger partial charge on any atom is -0.369 e. The SMILES string of the molecule is NC(=O)C1CCCNC1C(=O)N1CC=C(c2ccccc2)C1. The molecule has 22 heavy (non-hydrogen) atoms. The number of carbonyl (C=O) groups is 2. The van der Waals surface area contributed by atoms with Gasteiger partial charge in [0.1, 0.15) is 0 Å². The third-order valence-electron chi connectivity index (χ3n) is 4.47. The Kier molecular flexibility index (Phi) is 4.24. The van der Waals surface area contributed by atoms with Gasteiger partial charge in [0.15, 0.2) is 0 Å². The Morgan fingerprint density at radius 2 is 2.00 bits per heavy atom. The van der Waals surface area contributed by atoms with E-state index >= 15 is 0 Å². The van der Waals surface area contributed by atoms with Crippen LogP contribution in [0.25, 0.3) is 5.57 Å². The molecule has 5 nitrogen and oxygen atoms in total. The van der Waals surface area contributed by atoms with E-state index in [1.54, 1.807) is 4.90 Å². The van der Waals surface area contributed by atoms with Crippen molar-refractivity contribution in [1.82, 2.24) is 10.2 Å². The van der Waals surface area contributed by atoms with Crippen LogP contribution in [-0.4, -0.2) is 42.4 Å². The van der Waals surface area contributed by atoms with Gasteiger partial charge in [0.25, 0.3) is 0 Å². The van der Waals surface area contributed by atoms with Gasteiger partial charge in [-0.1, -0.05) is 36.4 Å². The van der Waals surface area contributed by atoms with E-state index in [1.165, 1.54) is 0 Å². The van der Waals surface area contributed by atoms with Crippen LogP contribution in [0.3, 0.4) is 0 Å². The quantitative estimate of drug-likeness (QED) is 0.865. The smallest absolute Gasteiger partial charge is 0.241 e. The molecular weight excluding hydrogens is 278 g/mol. The number of hydrogen-bond donors (Lipinski definition) is 2. The third-order valence-corrected chi connectivity index (χ3v) is 4.47. The molecule has 0 aliphatic carbocycles. The molecule has 2 aliphatic rings. The second kappa shape index (κ2) is 6.32. The molecule has 1 saturated heterocycles. The molecule has 0 radical (unpaired) electrons. The Labute approximate surface area is 130 Å².